The lowest BCUT2D eigenvalue weighted by Gasteiger charge is -2.11. The van der Waals surface area contributed by atoms with Gasteiger partial charge in [-0.05, 0) is 19.1 Å². The minimum atomic E-state index is -1.03. The number of rotatable bonds is 4. The van der Waals surface area contributed by atoms with Crippen LogP contribution in [0.1, 0.15) is 28.1 Å². The van der Waals surface area contributed by atoms with E-state index >= 15 is 0 Å². The molecular formula is C14H14N6O3. The summed E-state index contributed by atoms with van der Waals surface area (Å²) >= 11 is 0. The largest absolute Gasteiger partial charge is 0.385 e. The van der Waals surface area contributed by atoms with Crippen molar-refractivity contribution >= 4 is 11.7 Å². The standard InChI is InChI=1S/C14H14N6O3/c1-8-5-6-20-12(18-19-14(20)16-8)13(23)15-7-10(21)9-3-2-4-11(22)17-9/h2-6,10,21H,7H2,1H3,(H,15,23)(H,17,22). The maximum atomic E-state index is 12.2. The molecule has 3 rings (SSSR count). The average Bonchev–Trinajstić information content (AvgIpc) is 2.95. The Morgan fingerprint density at radius 3 is 3.00 bits per heavy atom. The number of hydrogen-bond donors (Lipinski definition) is 3. The number of H-pyrrole nitrogens is 1. The Morgan fingerprint density at radius 2 is 2.22 bits per heavy atom. The molecule has 0 aliphatic heterocycles. The Hall–Kier alpha value is -3.07. The predicted molar refractivity (Wildman–Crippen MR) is 79.9 cm³/mol. The molecule has 0 fully saturated rings. The first-order valence-corrected chi connectivity index (χ1v) is 6.88. The fourth-order valence-corrected chi connectivity index (χ4v) is 2.07. The molecule has 0 radical (unpaired) electrons. The van der Waals surface area contributed by atoms with Crippen LogP contribution < -0.4 is 10.9 Å². The molecule has 0 spiro atoms. The normalized spacial score (nSPS) is 12.3. The molecule has 0 bridgehead atoms. The second-order valence-corrected chi connectivity index (χ2v) is 4.96. The molecule has 9 nitrogen and oxygen atoms in total. The number of aliphatic hydroxyl groups excluding tert-OH is 1. The fraction of sp³-hybridized carbons (Fsp3) is 0.214. The number of nitrogens with one attached hydrogen (secondary N) is 2. The van der Waals surface area contributed by atoms with Crippen LogP contribution in [-0.4, -0.2) is 42.1 Å². The molecule has 3 heterocycles. The summed E-state index contributed by atoms with van der Waals surface area (Å²) in [6.07, 6.45) is 0.616. The van der Waals surface area contributed by atoms with Crippen molar-refractivity contribution < 1.29 is 9.90 Å². The Morgan fingerprint density at radius 1 is 1.39 bits per heavy atom. The molecule has 0 aliphatic rings. The summed E-state index contributed by atoms with van der Waals surface area (Å²) in [6.45, 7) is 1.73. The van der Waals surface area contributed by atoms with E-state index in [0.29, 0.717) is 11.5 Å². The lowest BCUT2D eigenvalue weighted by Crippen LogP contribution is -2.30. The summed E-state index contributed by atoms with van der Waals surface area (Å²) in [5.41, 5.74) is 0.763. The molecule has 23 heavy (non-hydrogen) atoms. The molecule has 0 aromatic carbocycles. The van der Waals surface area contributed by atoms with Crippen LogP contribution in [0.4, 0.5) is 0 Å². The minimum absolute atomic E-state index is 0.0706. The Balaban J connectivity index is 1.72. The average molecular weight is 314 g/mol. The number of aliphatic hydroxyl groups is 1. The number of nitrogens with zero attached hydrogens (tertiary/aromatic N) is 4. The van der Waals surface area contributed by atoms with Gasteiger partial charge in [-0.15, -0.1) is 10.2 Å². The molecule has 1 atom stereocenters. The van der Waals surface area contributed by atoms with E-state index in [1.165, 1.54) is 16.5 Å². The maximum Gasteiger partial charge on any atom is 0.289 e. The number of carbonyl (C=O) groups is 1. The molecule has 1 unspecified atom stereocenters. The molecule has 118 valence electrons. The third-order valence-electron chi connectivity index (χ3n) is 3.23. The van der Waals surface area contributed by atoms with Gasteiger partial charge in [-0.2, -0.15) is 0 Å². The molecule has 0 saturated heterocycles. The van der Waals surface area contributed by atoms with Crippen LogP contribution in [-0.2, 0) is 0 Å². The van der Waals surface area contributed by atoms with Crippen LogP contribution in [0.2, 0.25) is 0 Å². The van der Waals surface area contributed by atoms with Crippen LogP contribution in [0.3, 0.4) is 0 Å². The van der Waals surface area contributed by atoms with E-state index in [1.54, 1.807) is 18.3 Å². The molecule has 0 saturated carbocycles. The number of aromatic amines is 1. The van der Waals surface area contributed by atoms with Gasteiger partial charge in [-0.25, -0.2) is 4.98 Å². The summed E-state index contributed by atoms with van der Waals surface area (Å²) in [6, 6.07) is 6.17. The van der Waals surface area contributed by atoms with Crippen LogP contribution in [0.5, 0.6) is 0 Å². The van der Waals surface area contributed by atoms with Gasteiger partial charge in [0.05, 0.1) is 0 Å². The van der Waals surface area contributed by atoms with Crippen molar-refractivity contribution in [3.05, 3.63) is 58.0 Å². The molecule has 1 amide bonds. The van der Waals surface area contributed by atoms with Crippen LogP contribution in [0, 0.1) is 6.92 Å². The summed E-state index contributed by atoms with van der Waals surface area (Å²) < 4.78 is 1.46. The van der Waals surface area contributed by atoms with Crippen LogP contribution in [0.25, 0.3) is 5.78 Å². The summed E-state index contributed by atoms with van der Waals surface area (Å²) in [4.78, 5) is 30.0. The van der Waals surface area contributed by atoms with E-state index in [-0.39, 0.29) is 17.9 Å². The minimum Gasteiger partial charge on any atom is -0.385 e. The zero-order valence-electron chi connectivity index (χ0n) is 12.2. The van der Waals surface area contributed by atoms with Crippen molar-refractivity contribution in [1.29, 1.82) is 0 Å². The second kappa shape index (κ2) is 5.97. The van der Waals surface area contributed by atoms with Crippen molar-refractivity contribution in [3.63, 3.8) is 0 Å². The second-order valence-electron chi connectivity index (χ2n) is 4.96. The van der Waals surface area contributed by atoms with Gasteiger partial charge >= 0.3 is 0 Å². The number of pyridine rings is 1. The maximum absolute atomic E-state index is 12.2. The van der Waals surface area contributed by atoms with E-state index in [9.17, 15) is 14.7 Å². The molecule has 3 aromatic rings. The summed E-state index contributed by atoms with van der Waals surface area (Å²) in [5.74, 6) is -0.107. The molecule has 0 aliphatic carbocycles. The number of carbonyl (C=O) groups excluding carboxylic acids is 1. The lowest BCUT2D eigenvalue weighted by atomic mass is 10.2. The van der Waals surface area contributed by atoms with E-state index in [1.807, 2.05) is 6.92 Å². The van der Waals surface area contributed by atoms with Gasteiger partial charge in [0.25, 0.3) is 11.7 Å². The topological polar surface area (TPSA) is 125 Å². The van der Waals surface area contributed by atoms with E-state index in [0.717, 1.165) is 5.69 Å². The first kappa shape index (κ1) is 14.9. The van der Waals surface area contributed by atoms with Gasteiger partial charge < -0.3 is 15.4 Å². The summed E-state index contributed by atoms with van der Waals surface area (Å²) in [5, 5.41) is 20.2. The zero-order chi connectivity index (χ0) is 16.4. The molecule has 3 aromatic heterocycles. The van der Waals surface area contributed by atoms with Crippen LogP contribution in [0.15, 0.2) is 35.3 Å². The van der Waals surface area contributed by atoms with Gasteiger partial charge in [-0.3, -0.25) is 14.0 Å². The number of amides is 1. The van der Waals surface area contributed by atoms with Gasteiger partial charge in [-0.1, -0.05) is 6.07 Å². The van der Waals surface area contributed by atoms with E-state index < -0.39 is 12.0 Å². The first-order chi connectivity index (χ1) is 11.0. The van der Waals surface area contributed by atoms with Crippen molar-refractivity contribution in [2.24, 2.45) is 0 Å². The van der Waals surface area contributed by atoms with Crippen molar-refractivity contribution in [1.82, 2.24) is 29.9 Å². The zero-order valence-corrected chi connectivity index (χ0v) is 12.2. The highest BCUT2D eigenvalue weighted by Gasteiger charge is 2.17. The number of aryl methyl sites for hydroxylation is 1. The van der Waals surface area contributed by atoms with Crippen LogP contribution >= 0.6 is 0 Å². The predicted octanol–water partition coefficient (Wildman–Crippen LogP) is -0.416. The fourth-order valence-electron chi connectivity index (χ4n) is 2.07. The Bertz CT molecular complexity index is 916. The van der Waals surface area contributed by atoms with Crippen molar-refractivity contribution in [2.45, 2.75) is 13.0 Å². The number of hydrogen-bond acceptors (Lipinski definition) is 6. The van der Waals surface area contributed by atoms with Gasteiger partial charge in [0.2, 0.25) is 11.4 Å². The van der Waals surface area contributed by atoms with Gasteiger partial charge in [0, 0.05) is 30.2 Å². The number of fused-ring (bicyclic) bond motifs is 1. The first-order valence-electron chi connectivity index (χ1n) is 6.88. The Kier molecular flexibility index (Phi) is 3.85. The molecule has 9 heteroatoms. The van der Waals surface area contributed by atoms with E-state index in [2.05, 4.69) is 25.5 Å². The Labute approximate surface area is 130 Å². The highest BCUT2D eigenvalue weighted by Crippen LogP contribution is 2.07. The summed E-state index contributed by atoms with van der Waals surface area (Å²) in [7, 11) is 0. The quantitative estimate of drug-likeness (QED) is 0.601. The molecular weight excluding hydrogens is 300 g/mol. The number of aromatic nitrogens is 5. The lowest BCUT2D eigenvalue weighted by molar-refractivity contribution is 0.0902. The van der Waals surface area contributed by atoms with E-state index in [4.69, 9.17) is 0 Å². The monoisotopic (exact) mass is 314 g/mol. The molecule has 3 N–H and O–H groups in total. The van der Waals surface area contributed by atoms with Crippen molar-refractivity contribution in [2.75, 3.05) is 6.54 Å². The van der Waals surface area contributed by atoms with Crippen molar-refractivity contribution in [3.8, 4) is 0 Å². The third-order valence-corrected chi connectivity index (χ3v) is 3.23. The smallest absolute Gasteiger partial charge is 0.289 e. The third kappa shape index (κ3) is 3.09. The highest BCUT2D eigenvalue weighted by atomic mass is 16.3. The van der Waals surface area contributed by atoms with Gasteiger partial charge in [0.1, 0.15) is 6.10 Å². The van der Waals surface area contributed by atoms with Gasteiger partial charge in [0.15, 0.2) is 0 Å². The highest BCUT2D eigenvalue weighted by molar-refractivity contribution is 5.91. The SMILES string of the molecule is Cc1ccn2c(C(=O)NCC(O)c3cccc(=O)[nH]3)nnc2n1.